The van der Waals surface area contributed by atoms with Crippen molar-refractivity contribution in [2.24, 2.45) is 0 Å². The smallest absolute Gasteiger partial charge is 0.274 e. The third kappa shape index (κ3) is 5.91. The van der Waals surface area contributed by atoms with E-state index in [0.717, 1.165) is 16.7 Å². The molecule has 0 saturated heterocycles. The molecule has 0 bridgehead atoms. The number of amides is 2. The van der Waals surface area contributed by atoms with E-state index in [1.807, 2.05) is 36.4 Å². The van der Waals surface area contributed by atoms with Crippen LogP contribution in [-0.4, -0.2) is 41.9 Å². The molecule has 0 aliphatic rings. The molecule has 4 N–H and O–H groups in total. The van der Waals surface area contributed by atoms with E-state index in [2.05, 4.69) is 5.32 Å². The Balaban J connectivity index is 1.56. The van der Waals surface area contributed by atoms with Crippen molar-refractivity contribution in [3.8, 4) is 16.9 Å². The molecule has 7 heteroatoms. The summed E-state index contributed by atoms with van der Waals surface area (Å²) in [6.45, 7) is 0.549. The number of benzene rings is 3. The van der Waals surface area contributed by atoms with E-state index in [1.165, 1.54) is 12.1 Å². The molecule has 0 unspecified atom stereocenters. The first-order chi connectivity index (χ1) is 15.1. The number of hydrogen-bond donors (Lipinski definition) is 4. The second kappa shape index (κ2) is 10.9. The average molecular weight is 420 g/mol. The van der Waals surface area contributed by atoms with Crippen LogP contribution in [0.15, 0.2) is 72.8 Å². The molecule has 3 aromatic carbocycles. The maximum Gasteiger partial charge on any atom is 0.274 e. The third-order valence-electron chi connectivity index (χ3n) is 4.71. The summed E-state index contributed by atoms with van der Waals surface area (Å²) in [5, 5.41) is 20.8. The third-order valence-corrected chi connectivity index (χ3v) is 4.71. The van der Waals surface area contributed by atoms with E-state index < -0.39 is 5.91 Å². The lowest BCUT2D eigenvalue weighted by atomic mass is 9.95. The van der Waals surface area contributed by atoms with Gasteiger partial charge in [-0.25, -0.2) is 5.48 Å². The SMILES string of the molecule is O=C(NO)c1ccc(OCCNC(=O)c2ccc(-c3ccccc3)c(CCO)c2)cc1. The Bertz CT molecular complexity index is 1020. The average Bonchev–Trinajstić information content (AvgIpc) is 2.82. The molecule has 2 amide bonds. The summed E-state index contributed by atoms with van der Waals surface area (Å²) in [6, 6.07) is 21.6. The molecule has 3 rings (SSSR count). The van der Waals surface area contributed by atoms with Gasteiger partial charge >= 0.3 is 0 Å². The quantitative estimate of drug-likeness (QED) is 0.242. The van der Waals surface area contributed by atoms with Gasteiger partial charge in [0, 0.05) is 17.7 Å². The Morgan fingerprint density at radius 3 is 2.26 bits per heavy atom. The van der Waals surface area contributed by atoms with Crippen LogP contribution in [0.4, 0.5) is 0 Å². The molecular formula is C24H24N2O5. The van der Waals surface area contributed by atoms with Crippen LogP contribution < -0.4 is 15.5 Å². The molecule has 0 saturated carbocycles. The first kappa shape index (κ1) is 22.0. The second-order valence-electron chi connectivity index (χ2n) is 6.78. The molecule has 0 atom stereocenters. The molecule has 0 fully saturated rings. The normalized spacial score (nSPS) is 10.4. The van der Waals surface area contributed by atoms with Crippen molar-refractivity contribution in [1.29, 1.82) is 0 Å². The maximum atomic E-state index is 12.5. The number of nitrogens with one attached hydrogen (secondary N) is 2. The number of hydrogen-bond acceptors (Lipinski definition) is 5. The largest absolute Gasteiger partial charge is 0.492 e. The van der Waals surface area contributed by atoms with Gasteiger partial charge in [0.05, 0.1) is 6.54 Å². The van der Waals surface area contributed by atoms with Crippen LogP contribution in [0.1, 0.15) is 26.3 Å². The number of carbonyl (C=O) groups excluding carboxylic acids is 2. The van der Waals surface area contributed by atoms with Gasteiger partial charge in [-0.05, 0) is 59.5 Å². The van der Waals surface area contributed by atoms with Gasteiger partial charge in [0.15, 0.2) is 0 Å². The molecule has 160 valence electrons. The van der Waals surface area contributed by atoms with Gasteiger partial charge in [-0.3, -0.25) is 14.8 Å². The molecule has 0 radical (unpaired) electrons. The van der Waals surface area contributed by atoms with Gasteiger partial charge in [-0.2, -0.15) is 0 Å². The van der Waals surface area contributed by atoms with E-state index in [-0.39, 0.29) is 19.1 Å². The van der Waals surface area contributed by atoms with Crippen LogP contribution >= 0.6 is 0 Å². The lowest BCUT2D eigenvalue weighted by Crippen LogP contribution is -2.28. The fourth-order valence-electron chi connectivity index (χ4n) is 3.16. The predicted octanol–water partition coefficient (Wildman–Crippen LogP) is 2.82. The van der Waals surface area contributed by atoms with Crippen molar-refractivity contribution in [2.75, 3.05) is 19.8 Å². The molecule has 3 aromatic rings. The fourth-order valence-corrected chi connectivity index (χ4v) is 3.16. The van der Waals surface area contributed by atoms with Crippen LogP contribution in [0.2, 0.25) is 0 Å². The summed E-state index contributed by atoms with van der Waals surface area (Å²) in [5.41, 5.74) is 5.32. The lowest BCUT2D eigenvalue weighted by molar-refractivity contribution is 0.0706. The Hall–Kier alpha value is -3.68. The first-order valence-corrected chi connectivity index (χ1v) is 9.87. The summed E-state index contributed by atoms with van der Waals surface area (Å²) in [4.78, 5) is 23.8. The number of aliphatic hydroxyl groups is 1. The Morgan fingerprint density at radius 1 is 0.871 bits per heavy atom. The minimum Gasteiger partial charge on any atom is -0.492 e. The van der Waals surface area contributed by atoms with Crippen LogP contribution in [0, 0.1) is 0 Å². The molecule has 0 aliphatic carbocycles. The van der Waals surface area contributed by atoms with Crippen molar-refractivity contribution in [3.63, 3.8) is 0 Å². The molecule has 7 nitrogen and oxygen atoms in total. The van der Waals surface area contributed by atoms with Gasteiger partial charge in [0.1, 0.15) is 12.4 Å². The van der Waals surface area contributed by atoms with E-state index in [4.69, 9.17) is 9.94 Å². The zero-order valence-electron chi connectivity index (χ0n) is 16.9. The standard InChI is InChI=1S/C24H24N2O5/c27-14-12-19-16-20(8-11-22(19)17-4-2-1-3-5-17)23(28)25-13-15-31-21-9-6-18(7-10-21)24(29)26-30/h1-11,16,27,30H,12-15H2,(H,25,28)(H,26,29). The monoisotopic (exact) mass is 420 g/mol. The molecule has 0 spiro atoms. The Morgan fingerprint density at radius 2 is 1.58 bits per heavy atom. The van der Waals surface area contributed by atoms with Gasteiger partial charge in [0.2, 0.25) is 0 Å². The number of rotatable bonds is 9. The van der Waals surface area contributed by atoms with Crippen LogP contribution in [0.5, 0.6) is 5.75 Å². The fraction of sp³-hybridized carbons (Fsp3) is 0.167. The molecule has 31 heavy (non-hydrogen) atoms. The lowest BCUT2D eigenvalue weighted by Gasteiger charge is -2.12. The maximum absolute atomic E-state index is 12.5. The number of carbonyl (C=O) groups is 2. The van der Waals surface area contributed by atoms with Gasteiger partial charge in [0.25, 0.3) is 11.8 Å². The van der Waals surface area contributed by atoms with E-state index in [0.29, 0.717) is 29.8 Å². The van der Waals surface area contributed by atoms with Crippen molar-refractivity contribution in [3.05, 3.63) is 89.5 Å². The Kier molecular flexibility index (Phi) is 7.75. The van der Waals surface area contributed by atoms with E-state index in [9.17, 15) is 14.7 Å². The molecular weight excluding hydrogens is 396 g/mol. The Labute approximate surface area is 180 Å². The highest BCUT2D eigenvalue weighted by atomic mass is 16.5. The molecule has 0 heterocycles. The zero-order chi connectivity index (χ0) is 22.1. The van der Waals surface area contributed by atoms with Crippen LogP contribution in [0.25, 0.3) is 11.1 Å². The van der Waals surface area contributed by atoms with Gasteiger partial charge in [-0.15, -0.1) is 0 Å². The minimum atomic E-state index is -0.599. The molecule has 0 aromatic heterocycles. The van der Waals surface area contributed by atoms with Gasteiger partial charge in [-0.1, -0.05) is 36.4 Å². The number of hydroxylamine groups is 1. The van der Waals surface area contributed by atoms with Gasteiger partial charge < -0.3 is 15.2 Å². The number of aliphatic hydroxyl groups excluding tert-OH is 1. The summed E-state index contributed by atoms with van der Waals surface area (Å²) in [7, 11) is 0. The highest BCUT2D eigenvalue weighted by Gasteiger charge is 2.11. The van der Waals surface area contributed by atoms with Crippen molar-refractivity contribution in [2.45, 2.75) is 6.42 Å². The summed E-state index contributed by atoms with van der Waals surface area (Å²) < 4.78 is 5.56. The van der Waals surface area contributed by atoms with E-state index >= 15 is 0 Å². The van der Waals surface area contributed by atoms with Crippen LogP contribution in [0.3, 0.4) is 0 Å². The zero-order valence-corrected chi connectivity index (χ0v) is 16.9. The predicted molar refractivity (Wildman–Crippen MR) is 116 cm³/mol. The van der Waals surface area contributed by atoms with Crippen molar-refractivity contribution in [1.82, 2.24) is 10.8 Å². The van der Waals surface area contributed by atoms with Crippen molar-refractivity contribution < 1.29 is 24.6 Å². The topological polar surface area (TPSA) is 108 Å². The summed E-state index contributed by atoms with van der Waals surface area (Å²) in [5.74, 6) is -0.281. The summed E-state index contributed by atoms with van der Waals surface area (Å²) in [6.07, 6.45) is 0.457. The highest BCUT2D eigenvalue weighted by molar-refractivity contribution is 5.95. The van der Waals surface area contributed by atoms with Crippen LogP contribution in [-0.2, 0) is 6.42 Å². The molecule has 0 aliphatic heterocycles. The summed E-state index contributed by atoms with van der Waals surface area (Å²) >= 11 is 0. The first-order valence-electron chi connectivity index (χ1n) is 9.87. The second-order valence-corrected chi connectivity index (χ2v) is 6.78. The number of ether oxygens (including phenoxy) is 1. The van der Waals surface area contributed by atoms with Crippen molar-refractivity contribution >= 4 is 11.8 Å². The van der Waals surface area contributed by atoms with E-state index in [1.54, 1.807) is 29.7 Å². The highest BCUT2D eigenvalue weighted by Crippen LogP contribution is 2.25. The minimum absolute atomic E-state index is 0.00248.